The minimum atomic E-state index is -1.61. The first-order valence-corrected chi connectivity index (χ1v) is 10.3. The van der Waals surface area contributed by atoms with Crippen LogP contribution in [0.5, 0.6) is 5.75 Å². The molecule has 1 fully saturated rings. The molecule has 0 spiro atoms. The molecule has 158 valence electrons. The molecule has 0 bridgehead atoms. The predicted molar refractivity (Wildman–Crippen MR) is 106 cm³/mol. The number of benzene rings is 2. The number of ether oxygens (including phenoxy) is 1. The number of rotatable bonds is 6. The van der Waals surface area contributed by atoms with Crippen LogP contribution >= 0.6 is 11.8 Å². The lowest BCUT2D eigenvalue weighted by atomic mass is 9.94. The third kappa shape index (κ3) is 4.73. The summed E-state index contributed by atoms with van der Waals surface area (Å²) in [5.41, 5.74) is 0.899. The van der Waals surface area contributed by atoms with Crippen molar-refractivity contribution in [3.63, 3.8) is 0 Å². The third-order valence-electron chi connectivity index (χ3n) is 4.96. The van der Waals surface area contributed by atoms with Crippen LogP contribution in [0.4, 0.5) is 8.78 Å². The van der Waals surface area contributed by atoms with Gasteiger partial charge in [0.05, 0.1) is 35.9 Å². The van der Waals surface area contributed by atoms with Gasteiger partial charge in [-0.1, -0.05) is 12.1 Å². The van der Waals surface area contributed by atoms with Gasteiger partial charge in [0.25, 0.3) is 0 Å². The van der Waals surface area contributed by atoms with Crippen molar-refractivity contribution in [3.8, 4) is 5.75 Å². The minimum Gasteiger partial charge on any atom is -0.494 e. The first-order valence-electron chi connectivity index (χ1n) is 9.35. The summed E-state index contributed by atoms with van der Waals surface area (Å²) in [6.45, 7) is 1.93. The molecule has 8 heteroatoms. The molecule has 1 aliphatic heterocycles. The summed E-state index contributed by atoms with van der Waals surface area (Å²) in [7, 11) is 0. The first-order chi connectivity index (χ1) is 13.8. The number of thioether (sulfide) groups is 1. The highest BCUT2D eigenvalue weighted by molar-refractivity contribution is 8.00. The fourth-order valence-electron chi connectivity index (χ4n) is 3.46. The zero-order valence-electron chi connectivity index (χ0n) is 15.8. The molecule has 3 rings (SSSR count). The van der Waals surface area contributed by atoms with Crippen LogP contribution in [-0.2, 0) is 6.42 Å². The van der Waals surface area contributed by atoms with E-state index in [1.54, 1.807) is 12.1 Å². The monoisotopic (exact) mass is 426 g/mol. The Labute approximate surface area is 172 Å². The van der Waals surface area contributed by atoms with Crippen LogP contribution in [0.2, 0.25) is 0 Å². The van der Waals surface area contributed by atoms with E-state index in [1.807, 2.05) is 19.1 Å². The summed E-state index contributed by atoms with van der Waals surface area (Å²) in [4.78, 5) is 0. The lowest BCUT2D eigenvalue weighted by Crippen LogP contribution is -2.51. The van der Waals surface area contributed by atoms with Crippen molar-refractivity contribution in [1.82, 2.24) is 0 Å². The maximum atomic E-state index is 14.8. The van der Waals surface area contributed by atoms with Crippen LogP contribution in [0.25, 0.3) is 0 Å². The Morgan fingerprint density at radius 2 is 1.55 bits per heavy atom. The largest absolute Gasteiger partial charge is 0.494 e. The fraction of sp³-hybridized carbons (Fsp3) is 0.429. The predicted octanol–water partition coefficient (Wildman–Crippen LogP) is 2.19. The van der Waals surface area contributed by atoms with E-state index in [0.29, 0.717) is 24.3 Å². The smallest absolute Gasteiger partial charge is 0.130 e. The van der Waals surface area contributed by atoms with Crippen molar-refractivity contribution in [2.45, 2.75) is 42.2 Å². The van der Waals surface area contributed by atoms with Crippen LogP contribution in [0.15, 0.2) is 36.4 Å². The summed E-state index contributed by atoms with van der Waals surface area (Å²) in [6.07, 6.45) is -4.26. The van der Waals surface area contributed by atoms with Crippen molar-refractivity contribution in [2.75, 3.05) is 13.2 Å². The molecule has 2 aromatic carbocycles. The van der Waals surface area contributed by atoms with Gasteiger partial charge in [0.1, 0.15) is 23.5 Å². The molecule has 1 aliphatic rings. The van der Waals surface area contributed by atoms with Crippen molar-refractivity contribution < 1.29 is 33.9 Å². The lowest BCUT2D eigenvalue weighted by Gasteiger charge is -2.39. The van der Waals surface area contributed by atoms with E-state index < -0.39 is 47.1 Å². The average Bonchev–Trinajstić information content (AvgIpc) is 2.69. The lowest BCUT2D eigenvalue weighted by molar-refractivity contribution is -0.0705. The van der Waals surface area contributed by atoms with Gasteiger partial charge in [0.2, 0.25) is 0 Å². The maximum absolute atomic E-state index is 14.8. The zero-order valence-corrected chi connectivity index (χ0v) is 16.6. The molecule has 2 aromatic rings. The SMILES string of the molecule is CCOc1ccc(Cc2cc(F)c([C@@H]3S[C@H](CO)[C@@H](O)[C@H](O)[C@H]3O)c(F)c2)cc1. The van der Waals surface area contributed by atoms with Crippen LogP contribution in [0, 0.1) is 11.6 Å². The Morgan fingerprint density at radius 3 is 2.10 bits per heavy atom. The van der Waals surface area contributed by atoms with Gasteiger partial charge in [-0.3, -0.25) is 0 Å². The second kappa shape index (κ2) is 9.40. The normalized spacial score (nSPS) is 27.1. The van der Waals surface area contributed by atoms with Crippen molar-refractivity contribution in [3.05, 3.63) is 64.7 Å². The highest BCUT2D eigenvalue weighted by Gasteiger charge is 2.45. The molecule has 0 radical (unpaired) electrons. The Morgan fingerprint density at radius 1 is 0.931 bits per heavy atom. The Balaban J connectivity index is 1.83. The molecule has 29 heavy (non-hydrogen) atoms. The van der Waals surface area contributed by atoms with E-state index in [9.17, 15) is 29.2 Å². The van der Waals surface area contributed by atoms with E-state index in [1.165, 1.54) is 12.1 Å². The van der Waals surface area contributed by atoms with Gasteiger partial charge in [0, 0.05) is 5.56 Å². The molecule has 0 aromatic heterocycles. The van der Waals surface area contributed by atoms with E-state index in [-0.39, 0.29) is 5.56 Å². The zero-order chi connectivity index (χ0) is 21.1. The molecule has 5 nitrogen and oxygen atoms in total. The quantitative estimate of drug-likeness (QED) is 0.566. The second-order valence-electron chi connectivity index (χ2n) is 6.98. The summed E-state index contributed by atoms with van der Waals surface area (Å²) in [6, 6.07) is 9.62. The molecule has 0 amide bonds. The van der Waals surface area contributed by atoms with Crippen molar-refractivity contribution >= 4 is 11.8 Å². The highest BCUT2D eigenvalue weighted by Crippen LogP contribution is 2.44. The average molecular weight is 426 g/mol. The summed E-state index contributed by atoms with van der Waals surface area (Å²) < 4.78 is 35.0. The Bertz CT molecular complexity index is 807. The minimum absolute atomic E-state index is 0.307. The van der Waals surface area contributed by atoms with Gasteiger partial charge >= 0.3 is 0 Å². The molecular formula is C21H24F2O5S. The summed E-state index contributed by atoms with van der Waals surface area (Å²) in [5.74, 6) is -0.975. The van der Waals surface area contributed by atoms with Gasteiger partial charge < -0.3 is 25.2 Å². The molecule has 0 saturated carbocycles. The standard InChI is InChI=1S/C21H24F2O5S/c1-2-28-13-5-3-11(4-6-13)7-12-8-14(22)17(15(23)9-12)21-20(27)19(26)18(25)16(10-24)29-21/h3-6,8-9,16,18-21,24-27H,2,7,10H2,1H3/t16-,18-,19+,20-,21+/m1/s1. The molecule has 1 heterocycles. The van der Waals surface area contributed by atoms with Gasteiger partial charge in [-0.15, -0.1) is 11.8 Å². The van der Waals surface area contributed by atoms with E-state index in [4.69, 9.17) is 4.74 Å². The second-order valence-corrected chi connectivity index (χ2v) is 8.36. The van der Waals surface area contributed by atoms with Crippen LogP contribution in [0.3, 0.4) is 0 Å². The maximum Gasteiger partial charge on any atom is 0.130 e. The van der Waals surface area contributed by atoms with Crippen LogP contribution in [-0.4, -0.2) is 57.2 Å². The molecule has 0 aliphatic carbocycles. The van der Waals surface area contributed by atoms with Crippen molar-refractivity contribution in [2.24, 2.45) is 0 Å². The number of aliphatic hydroxyl groups is 4. The number of hydrogen-bond acceptors (Lipinski definition) is 6. The van der Waals surface area contributed by atoms with E-state index >= 15 is 0 Å². The molecule has 0 unspecified atom stereocenters. The topological polar surface area (TPSA) is 90.2 Å². The number of halogens is 2. The number of hydrogen-bond donors (Lipinski definition) is 4. The Kier molecular flexibility index (Phi) is 7.13. The summed E-state index contributed by atoms with van der Waals surface area (Å²) >= 11 is 0.845. The molecule has 1 saturated heterocycles. The van der Waals surface area contributed by atoms with Crippen molar-refractivity contribution in [1.29, 1.82) is 0 Å². The van der Waals surface area contributed by atoms with Crippen LogP contribution in [0.1, 0.15) is 28.9 Å². The summed E-state index contributed by atoms with van der Waals surface area (Å²) in [5, 5.41) is 37.5. The van der Waals surface area contributed by atoms with Gasteiger partial charge in [-0.25, -0.2) is 8.78 Å². The molecule has 5 atom stereocenters. The molecule has 4 N–H and O–H groups in total. The Hall–Kier alpha value is -1.71. The van der Waals surface area contributed by atoms with Crippen LogP contribution < -0.4 is 4.74 Å². The van der Waals surface area contributed by atoms with E-state index in [0.717, 1.165) is 17.3 Å². The van der Waals surface area contributed by atoms with Gasteiger partial charge in [0.15, 0.2) is 0 Å². The van der Waals surface area contributed by atoms with Gasteiger partial charge in [-0.2, -0.15) is 0 Å². The van der Waals surface area contributed by atoms with E-state index in [2.05, 4.69) is 0 Å². The fourth-order valence-corrected chi connectivity index (χ4v) is 4.92. The molecular weight excluding hydrogens is 402 g/mol. The number of aliphatic hydroxyl groups excluding tert-OH is 4. The third-order valence-corrected chi connectivity index (χ3v) is 6.54. The highest BCUT2D eigenvalue weighted by atomic mass is 32.2. The first kappa shape index (κ1) is 22.0. The van der Waals surface area contributed by atoms with Gasteiger partial charge in [-0.05, 0) is 48.7 Å².